The molecule has 1 aromatic heterocycles. The van der Waals surface area contributed by atoms with E-state index in [1.807, 2.05) is 6.20 Å². The number of halogens is 1. The molecule has 3 nitrogen and oxygen atoms in total. The van der Waals surface area contributed by atoms with Gasteiger partial charge in [-0.25, -0.2) is 0 Å². The van der Waals surface area contributed by atoms with Crippen LogP contribution in [-0.4, -0.2) is 16.3 Å². The van der Waals surface area contributed by atoms with Crippen LogP contribution in [0, 0.1) is 11.3 Å². The lowest BCUT2D eigenvalue weighted by atomic mass is 9.78. The van der Waals surface area contributed by atoms with Crippen molar-refractivity contribution in [3.05, 3.63) is 16.4 Å². The Bertz CT molecular complexity index is 393. The second-order valence-electron chi connectivity index (χ2n) is 6.31. The Morgan fingerprint density at radius 3 is 2.47 bits per heavy atom. The highest BCUT2D eigenvalue weighted by Crippen LogP contribution is 2.35. The minimum Gasteiger partial charge on any atom is -0.309 e. The van der Waals surface area contributed by atoms with Gasteiger partial charge in [-0.05, 0) is 47.2 Å². The first-order valence-electron chi connectivity index (χ1n) is 7.25. The summed E-state index contributed by atoms with van der Waals surface area (Å²) in [5.74, 6) is 0.642. The molecule has 1 heterocycles. The average molecular weight is 330 g/mol. The summed E-state index contributed by atoms with van der Waals surface area (Å²) in [6.07, 6.45) is 3.03. The van der Waals surface area contributed by atoms with E-state index in [2.05, 4.69) is 72.6 Å². The van der Waals surface area contributed by atoms with Crippen LogP contribution in [-0.2, 0) is 6.54 Å². The van der Waals surface area contributed by atoms with E-state index in [0.717, 1.165) is 24.0 Å². The molecule has 1 N–H and O–H groups in total. The fourth-order valence-electron chi connectivity index (χ4n) is 2.22. The summed E-state index contributed by atoms with van der Waals surface area (Å²) in [5.41, 5.74) is 1.61. The van der Waals surface area contributed by atoms with Crippen molar-refractivity contribution in [1.29, 1.82) is 0 Å². The normalized spacial score (nSPS) is 15.5. The van der Waals surface area contributed by atoms with Crippen LogP contribution in [0.25, 0.3) is 0 Å². The quantitative estimate of drug-likeness (QED) is 0.838. The second-order valence-corrected chi connectivity index (χ2v) is 7.16. The number of rotatable bonds is 6. The lowest BCUT2D eigenvalue weighted by Crippen LogP contribution is -2.29. The number of hydrogen-bond acceptors (Lipinski definition) is 2. The highest BCUT2D eigenvalue weighted by molar-refractivity contribution is 9.10. The van der Waals surface area contributed by atoms with Gasteiger partial charge in [-0.3, -0.25) is 4.68 Å². The number of nitrogens with zero attached hydrogens (tertiary/aromatic N) is 2. The summed E-state index contributed by atoms with van der Waals surface area (Å²) in [6.45, 7) is 15.5. The highest BCUT2D eigenvalue weighted by Gasteiger charge is 2.27. The van der Waals surface area contributed by atoms with Crippen molar-refractivity contribution in [2.75, 3.05) is 6.54 Å². The van der Waals surface area contributed by atoms with Gasteiger partial charge < -0.3 is 5.32 Å². The monoisotopic (exact) mass is 329 g/mol. The SMILES string of the molecule is CCNC(CC(C)C(C)(C)C)c1c(Br)cnn1CC. The minimum absolute atomic E-state index is 0.331. The van der Waals surface area contributed by atoms with E-state index >= 15 is 0 Å². The molecule has 19 heavy (non-hydrogen) atoms. The van der Waals surface area contributed by atoms with E-state index in [0.29, 0.717) is 17.4 Å². The van der Waals surface area contributed by atoms with Crippen molar-refractivity contribution in [3.8, 4) is 0 Å². The maximum atomic E-state index is 4.44. The zero-order valence-corrected chi connectivity index (χ0v) is 14.7. The molecule has 0 aliphatic carbocycles. The number of hydrogen-bond donors (Lipinski definition) is 1. The molecule has 0 fully saturated rings. The topological polar surface area (TPSA) is 29.9 Å². The van der Waals surface area contributed by atoms with Crippen molar-refractivity contribution >= 4 is 15.9 Å². The molecule has 0 saturated heterocycles. The third-order valence-corrected chi connectivity index (χ3v) is 4.59. The van der Waals surface area contributed by atoms with Crippen LogP contribution in [0.15, 0.2) is 10.7 Å². The Hall–Kier alpha value is -0.350. The Labute approximate surface area is 126 Å². The summed E-state index contributed by atoms with van der Waals surface area (Å²) >= 11 is 3.65. The van der Waals surface area contributed by atoms with Crippen molar-refractivity contribution in [2.24, 2.45) is 11.3 Å². The fraction of sp³-hybridized carbons (Fsp3) is 0.800. The maximum absolute atomic E-state index is 4.44. The van der Waals surface area contributed by atoms with E-state index in [1.165, 1.54) is 5.69 Å². The van der Waals surface area contributed by atoms with Crippen LogP contribution in [0.2, 0.25) is 0 Å². The molecule has 110 valence electrons. The molecule has 2 atom stereocenters. The highest BCUT2D eigenvalue weighted by atomic mass is 79.9. The molecule has 0 spiro atoms. The third kappa shape index (κ3) is 4.32. The number of aromatic nitrogens is 2. The van der Waals surface area contributed by atoms with Crippen molar-refractivity contribution in [2.45, 2.75) is 60.5 Å². The summed E-state index contributed by atoms with van der Waals surface area (Å²) in [7, 11) is 0. The minimum atomic E-state index is 0.331. The molecule has 0 bridgehead atoms. The van der Waals surface area contributed by atoms with Gasteiger partial charge in [-0.15, -0.1) is 0 Å². The largest absolute Gasteiger partial charge is 0.309 e. The van der Waals surface area contributed by atoms with Gasteiger partial charge in [0.05, 0.1) is 22.4 Å². The predicted octanol–water partition coefficient (Wildman–Crippen LogP) is 4.39. The Balaban J connectivity index is 2.97. The van der Waals surface area contributed by atoms with Gasteiger partial charge in [0.25, 0.3) is 0 Å². The van der Waals surface area contributed by atoms with Crippen molar-refractivity contribution in [3.63, 3.8) is 0 Å². The van der Waals surface area contributed by atoms with Crippen LogP contribution in [0.3, 0.4) is 0 Å². The van der Waals surface area contributed by atoms with Gasteiger partial charge in [0.15, 0.2) is 0 Å². The van der Waals surface area contributed by atoms with Gasteiger partial charge in [-0.1, -0.05) is 34.6 Å². The molecular formula is C15H28BrN3. The van der Waals surface area contributed by atoms with Crippen molar-refractivity contribution in [1.82, 2.24) is 15.1 Å². The molecule has 0 aliphatic rings. The average Bonchev–Trinajstić information content (AvgIpc) is 2.68. The fourth-order valence-corrected chi connectivity index (χ4v) is 2.79. The smallest absolute Gasteiger partial charge is 0.0695 e. The molecule has 1 rings (SSSR count). The molecule has 0 saturated carbocycles. The van der Waals surface area contributed by atoms with Gasteiger partial charge in [0, 0.05) is 6.54 Å². The Morgan fingerprint density at radius 2 is 2.00 bits per heavy atom. The number of aryl methyl sites for hydroxylation is 1. The van der Waals surface area contributed by atoms with Gasteiger partial charge in [0.1, 0.15) is 0 Å². The van der Waals surface area contributed by atoms with E-state index in [4.69, 9.17) is 0 Å². The first-order chi connectivity index (χ1) is 8.81. The van der Waals surface area contributed by atoms with Crippen LogP contribution < -0.4 is 5.32 Å². The van der Waals surface area contributed by atoms with Gasteiger partial charge in [0.2, 0.25) is 0 Å². The lowest BCUT2D eigenvalue weighted by molar-refractivity contribution is 0.220. The number of nitrogens with one attached hydrogen (secondary N) is 1. The van der Waals surface area contributed by atoms with Gasteiger partial charge in [-0.2, -0.15) is 5.10 Å². The van der Waals surface area contributed by atoms with Crippen molar-refractivity contribution < 1.29 is 0 Å². The molecular weight excluding hydrogens is 302 g/mol. The molecule has 0 aliphatic heterocycles. The zero-order chi connectivity index (χ0) is 14.6. The van der Waals surface area contributed by atoms with E-state index < -0.39 is 0 Å². The van der Waals surface area contributed by atoms with Crippen LogP contribution in [0.1, 0.15) is 59.7 Å². The van der Waals surface area contributed by atoms with E-state index in [1.54, 1.807) is 0 Å². The molecule has 4 heteroatoms. The standard InChI is InChI=1S/C15H28BrN3/c1-7-17-13(9-11(3)15(4,5)6)14-12(16)10-18-19(14)8-2/h10-11,13,17H,7-9H2,1-6H3. The van der Waals surface area contributed by atoms with Crippen LogP contribution in [0.4, 0.5) is 0 Å². The molecule has 0 radical (unpaired) electrons. The first kappa shape index (κ1) is 16.7. The molecule has 0 aromatic carbocycles. The van der Waals surface area contributed by atoms with Crippen LogP contribution >= 0.6 is 15.9 Å². The third-order valence-electron chi connectivity index (χ3n) is 3.98. The maximum Gasteiger partial charge on any atom is 0.0695 e. The first-order valence-corrected chi connectivity index (χ1v) is 8.05. The predicted molar refractivity (Wildman–Crippen MR) is 85.3 cm³/mol. The van der Waals surface area contributed by atoms with E-state index in [-0.39, 0.29) is 0 Å². The van der Waals surface area contributed by atoms with Crippen LogP contribution in [0.5, 0.6) is 0 Å². The molecule has 2 unspecified atom stereocenters. The summed E-state index contributed by atoms with van der Waals surface area (Å²) < 4.78 is 3.20. The molecule has 1 aromatic rings. The zero-order valence-electron chi connectivity index (χ0n) is 13.1. The second kappa shape index (κ2) is 6.89. The lowest BCUT2D eigenvalue weighted by Gasteiger charge is -2.31. The molecule has 0 amide bonds. The van der Waals surface area contributed by atoms with Gasteiger partial charge >= 0.3 is 0 Å². The van der Waals surface area contributed by atoms with E-state index in [9.17, 15) is 0 Å². The summed E-state index contributed by atoms with van der Waals surface area (Å²) in [5, 5.41) is 8.05. The summed E-state index contributed by atoms with van der Waals surface area (Å²) in [6, 6.07) is 0.357. The summed E-state index contributed by atoms with van der Waals surface area (Å²) in [4.78, 5) is 0. The Kier molecular flexibility index (Phi) is 6.06. The Morgan fingerprint density at radius 1 is 1.37 bits per heavy atom.